The Labute approximate surface area is 114 Å². The Morgan fingerprint density at radius 3 is 2.47 bits per heavy atom. The molecule has 0 saturated carbocycles. The highest BCUT2D eigenvalue weighted by Gasteiger charge is 2.52. The minimum absolute atomic E-state index is 0.00929. The van der Waals surface area contributed by atoms with Crippen LogP contribution in [0.2, 0.25) is 0 Å². The topological polar surface area (TPSA) is 27.7 Å². The molecule has 3 heteroatoms. The first-order chi connectivity index (χ1) is 9.05. The molecule has 4 atom stereocenters. The van der Waals surface area contributed by atoms with E-state index in [1.165, 1.54) is 5.56 Å². The molecule has 2 fully saturated rings. The summed E-state index contributed by atoms with van der Waals surface area (Å²) in [6.45, 7) is 5.95. The summed E-state index contributed by atoms with van der Waals surface area (Å²) in [5, 5.41) is 0. The van der Waals surface area contributed by atoms with Gasteiger partial charge in [-0.2, -0.15) is 0 Å². The van der Waals surface area contributed by atoms with Crippen molar-refractivity contribution in [2.24, 2.45) is 0 Å². The Kier molecular flexibility index (Phi) is 3.21. The molecule has 0 aliphatic carbocycles. The fraction of sp³-hybridized carbons (Fsp3) is 0.500. The molecule has 19 heavy (non-hydrogen) atoms. The van der Waals surface area contributed by atoms with Gasteiger partial charge in [0.15, 0.2) is 5.79 Å². The summed E-state index contributed by atoms with van der Waals surface area (Å²) in [6.07, 6.45) is 4.19. The van der Waals surface area contributed by atoms with E-state index >= 15 is 0 Å². The lowest BCUT2D eigenvalue weighted by Gasteiger charge is -2.21. The van der Waals surface area contributed by atoms with E-state index in [9.17, 15) is 0 Å². The summed E-state index contributed by atoms with van der Waals surface area (Å²) in [6, 6.07) is 10.2. The highest BCUT2D eigenvalue weighted by molar-refractivity contribution is 5.49. The Morgan fingerprint density at radius 1 is 1.05 bits per heavy atom. The average molecular weight is 260 g/mol. The van der Waals surface area contributed by atoms with Crippen molar-refractivity contribution in [2.75, 3.05) is 0 Å². The molecule has 0 spiro atoms. The summed E-state index contributed by atoms with van der Waals surface area (Å²) < 4.78 is 17.7. The lowest BCUT2D eigenvalue weighted by atomic mass is 10.1. The van der Waals surface area contributed by atoms with E-state index in [1.54, 1.807) is 0 Å². The van der Waals surface area contributed by atoms with Gasteiger partial charge < -0.3 is 14.2 Å². The minimum Gasteiger partial charge on any atom is -0.366 e. The molecular formula is C16H20O3. The smallest absolute Gasteiger partial charge is 0.164 e. The second-order valence-corrected chi connectivity index (χ2v) is 5.64. The van der Waals surface area contributed by atoms with Crippen LogP contribution in [-0.4, -0.2) is 30.2 Å². The summed E-state index contributed by atoms with van der Waals surface area (Å²) >= 11 is 0. The van der Waals surface area contributed by atoms with Crippen molar-refractivity contribution in [1.29, 1.82) is 0 Å². The Morgan fingerprint density at radius 2 is 1.74 bits per heavy atom. The fourth-order valence-corrected chi connectivity index (χ4v) is 2.76. The van der Waals surface area contributed by atoms with E-state index in [-0.39, 0.29) is 24.4 Å². The Balaban J connectivity index is 1.74. The second-order valence-electron chi connectivity index (χ2n) is 5.64. The van der Waals surface area contributed by atoms with Crippen LogP contribution in [0.1, 0.15) is 26.3 Å². The zero-order chi connectivity index (χ0) is 13.5. The van der Waals surface area contributed by atoms with E-state index in [2.05, 4.69) is 24.3 Å². The molecule has 3 nitrogen and oxygen atoms in total. The van der Waals surface area contributed by atoms with E-state index in [4.69, 9.17) is 14.2 Å². The van der Waals surface area contributed by atoms with Crippen molar-refractivity contribution < 1.29 is 14.2 Å². The lowest BCUT2D eigenvalue weighted by Crippen LogP contribution is -2.28. The molecule has 1 aromatic rings. The van der Waals surface area contributed by atoms with Crippen molar-refractivity contribution >= 4 is 6.08 Å². The van der Waals surface area contributed by atoms with Gasteiger partial charge in [0.25, 0.3) is 0 Å². The van der Waals surface area contributed by atoms with Crippen LogP contribution >= 0.6 is 0 Å². The molecule has 2 heterocycles. The number of rotatable bonds is 2. The van der Waals surface area contributed by atoms with Gasteiger partial charge in [-0.25, -0.2) is 0 Å². The molecule has 0 bridgehead atoms. The normalized spacial score (nSPS) is 36.8. The van der Waals surface area contributed by atoms with Crippen LogP contribution in [0.3, 0.4) is 0 Å². The Hall–Kier alpha value is -1.16. The van der Waals surface area contributed by atoms with Gasteiger partial charge in [-0.05, 0) is 26.3 Å². The molecule has 0 amide bonds. The number of benzene rings is 1. The predicted molar refractivity (Wildman–Crippen MR) is 73.6 cm³/mol. The maximum Gasteiger partial charge on any atom is 0.164 e. The summed E-state index contributed by atoms with van der Waals surface area (Å²) in [4.78, 5) is 0. The molecule has 3 rings (SSSR count). The van der Waals surface area contributed by atoms with Gasteiger partial charge >= 0.3 is 0 Å². The molecule has 0 aromatic heterocycles. The number of ether oxygens (including phenoxy) is 3. The molecule has 1 aromatic carbocycles. The van der Waals surface area contributed by atoms with Crippen LogP contribution in [0.15, 0.2) is 36.4 Å². The molecular weight excluding hydrogens is 240 g/mol. The third-order valence-electron chi connectivity index (χ3n) is 3.60. The zero-order valence-corrected chi connectivity index (χ0v) is 11.6. The summed E-state index contributed by atoms with van der Waals surface area (Å²) in [5.74, 6) is -0.508. The maximum atomic E-state index is 5.95. The monoisotopic (exact) mass is 260 g/mol. The zero-order valence-electron chi connectivity index (χ0n) is 11.6. The van der Waals surface area contributed by atoms with Crippen molar-refractivity contribution in [3.05, 3.63) is 42.0 Å². The van der Waals surface area contributed by atoms with Crippen LogP contribution in [0, 0.1) is 0 Å². The number of fused-ring (bicyclic) bond motifs is 1. The van der Waals surface area contributed by atoms with Crippen LogP contribution in [0.25, 0.3) is 6.08 Å². The molecule has 0 unspecified atom stereocenters. The first-order valence-corrected chi connectivity index (χ1v) is 6.79. The van der Waals surface area contributed by atoms with Gasteiger partial charge in [0.2, 0.25) is 0 Å². The van der Waals surface area contributed by atoms with Crippen LogP contribution in [-0.2, 0) is 14.2 Å². The van der Waals surface area contributed by atoms with Gasteiger partial charge in [-0.1, -0.05) is 42.5 Å². The molecule has 0 radical (unpaired) electrons. The molecule has 0 N–H and O–H groups in total. The molecule has 2 saturated heterocycles. The summed E-state index contributed by atoms with van der Waals surface area (Å²) in [5.41, 5.74) is 1.17. The van der Waals surface area contributed by atoms with Gasteiger partial charge in [-0.3, -0.25) is 0 Å². The largest absolute Gasteiger partial charge is 0.366 e. The van der Waals surface area contributed by atoms with Crippen LogP contribution in [0.4, 0.5) is 0 Å². The SMILES string of the molecule is C[C@@H]1O[C@H](/C=C/c2ccccc2)[C@H]2OC(C)(C)O[C@H]21. The standard InChI is InChI=1S/C16H20O3/c1-11-14-15(19-16(2,3)18-14)13(17-11)10-9-12-7-5-4-6-8-12/h4-11,13-15H,1-3H3/b10-9+/t11-,13+,14-,15+/m0/s1. The van der Waals surface area contributed by atoms with Gasteiger partial charge in [-0.15, -0.1) is 0 Å². The van der Waals surface area contributed by atoms with E-state index in [0.717, 1.165) is 0 Å². The quantitative estimate of drug-likeness (QED) is 0.818. The van der Waals surface area contributed by atoms with Gasteiger partial charge in [0.1, 0.15) is 18.3 Å². The molecule has 2 aliphatic heterocycles. The number of hydrogen-bond donors (Lipinski definition) is 0. The summed E-state index contributed by atoms with van der Waals surface area (Å²) in [7, 11) is 0. The van der Waals surface area contributed by atoms with Gasteiger partial charge in [0.05, 0.1) is 6.10 Å². The van der Waals surface area contributed by atoms with E-state index < -0.39 is 5.79 Å². The Bertz CT molecular complexity index is 466. The predicted octanol–water partition coefficient (Wildman–Crippen LogP) is 3.01. The molecule has 102 valence electrons. The first-order valence-electron chi connectivity index (χ1n) is 6.79. The van der Waals surface area contributed by atoms with Crippen LogP contribution < -0.4 is 0 Å². The average Bonchev–Trinajstić information content (AvgIpc) is 2.84. The van der Waals surface area contributed by atoms with Crippen molar-refractivity contribution in [2.45, 2.75) is 51.0 Å². The highest BCUT2D eigenvalue weighted by Crippen LogP contribution is 2.39. The van der Waals surface area contributed by atoms with Crippen molar-refractivity contribution in [3.63, 3.8) is 0 Å². The highest BCUT2D eigenvalue weighted by atomic mass is 16.8. The minimum atomic E-state index is -0.508. The second kappa shape index (κ2) is 4.75. The van der Waals surface area contributed by atoms with Crippen molar-refractivity contribution in [3.8, 4) is 0 Å². The fourth-order valence-electron chi connectivity index (χ4n) is 2.76. The third-order valence-corrected chi connectivity index (χ3v) is 3.60. The van der Waals surface area contributed by atoms with E-state index in [0.29, 0.717) is 0 Å². The van der Waals surface area contributed by atoms with Gasteiger partial charge in [0, 0.05) is 0 Å². The maximum absolute atomic E-state index is 5.95. The number of hydrogen-bond acceptors (Lipinski definition) is 3. The van der Waals surface area contributed by atoms with Crippen molar-refractivity contribution in [1.82, 2.24) is 0 Å². The lowest BCUT2D eigenvalue weighted by molar-refractivity contribution is -0.180. The van der Waals surface area contributed by atoms with Crippen LogP contribution in [0.5, 0.6) is 0 Å². The third kappa shape index (κ3) is 2.59. The van der Waals surface area contributed by atoms with E-state index in [1.807, 2.05) is 39.0 Å². The first kappa shape index (κ1) is 12.9. The molecule has 2 aliphatic rings.